The summed E-state index contributed by atoms with van der Waals surface area (Å²) in [5, 5.41) is 8.41. The first-order chi connectivity index (χ1) is 16.4. The highest BCUT2D eigenvalue weighted by molar-refractivity contribution is 5.95. The molecule has 3 aromatic rings. The lowest BCUT2D eigenvalue weighted by Crippen LogP contribution is -2.46. The lowest BCUT2D eigenvalue weighted by atomic mass is 10.0. The molecule has 2 N–H and O–H groups in total. The highest BCUT2D eigenvalue weighted by atomic mass is 16.7. The average molecular weight is 462 g/mol. The lowest BCUT2D eigenvalue weighted by Gasteiger charge is -2.34. The molecule has 2 fully saturated rings. The highest BCUT2D eigenvalue weighted by Crippen LogP contribution is 2.25. The van der Waals surface area contributed by atoms with Gasteiger partial charge in [0.1, 0.15) is 6.33 Å². The van der Waals surface area contributed by atoms with E-state index in [0.29, 0.717) is 41.8 Å². The van der Waals surface area contributed by atoms with Crippen molar-refractivity contribution in [3.8, 4) is 5.69 Å². The number of carbonyl (C=O) groups is 2. The zero-order valence-corrected chi connectivity index (χ0v) is 19.2. The van der Waals surface area contributed by atoms with E-state index in [1.807, 2.05) is 31.2 Å². The number of aryl methyl sites for hydroxylation is 1. The number of hydrogen-bond donors (Lipinski definition) is 2. The van der Waals surface area contributed by atoms with Gasteiger partial charge in [-0.25, -0.2) is 4.98 Å². The predicted molar refractivity (Wildman–Crippen MR) is 127 cm³/mol. The molecule has 1 aromatic heterocycles. The molecule has 5 rings (SSSR count). The monoisotopic (exact) mass is 461 g/mol. The van der Waals surface area contributed by atoms with Gasteiger partial charge in [0.2, 0.25) is 0 Å². The van der Waals surface area contributed by atoms with E-state index in [0.717, 1.165) is 24.0 Å². The zero-order chi connectivity index (χ0) is 23.8. The van der Waals surface area contributed by atoms with Crippen LogP contribution >= 0.6 is 0 Å². The number of hydrogen-bond acceptors (Lipinski definition) is 7. The summed E-state index contributed by atoms with van der Waals surface area (Å²) >= 11 is 0. The fourth-order valence-electron chi connectivity index (χ4n) is 4.27. The molecule has 1 saturated heterocycles. The molecule has 1 aliphatic heterocycles. The molecule has 0 bridgehead atoms. The number of nitrogens with zero attached hydrogens (tertiary/aromatic N) is 3. The van der Waals surface area contributed by atoms with Crippen LogP contribution < -0.4 is 16.2 Å². The Labute approximate surface area is 196 Å². The van der Waals surface area contributed by atoms with Gasteiger partial charge in [0.15, 0.2) is 0 Å². The first-order valence-corrected chi connectivity index (χ1v) is 11.5. The summed E-state index contributed by atoms with van der Waals surface area (Å²) < 4.78 is 1.48. The Morgan fingerprint density at radius 2 is 2.00 bits per heavy atom. The molecule has 1 amide bonds. The van der Waals surface area contributed by atoms with Crippen molar-refractivity contribution in [2.45, 2.75) is 38.8 Å². The average Bonchev–Trinajstić information content (AvgIpc) is 3.64. The van der Waals surface area contributed by atoms with E-state index in [4.69, 9.17) is 4.84 Å². The third kappa shape index (κ3) is 4.44. The molecular formula is C25H27N5O4. The van der Waals surface area contributed by atoms with Crippen molar-refractivity contribution < 1.29 is 14.4 Å². The second-order valence-corrected chi connectivity index (χ2v) is 8.89. The van der Waals surface area contributed by atoms with Gasteiger partial charge in [-0.1, -0.05) is 12.1 Å². The fraction of sp³-hybridized carbons (Fsp3) is 0.360. The normalized spacial score (nSPS) is 18.6. The van der Waals surface area contributed by atoms with Crippen molar-refractivity contribution in [2.75, 3.05) is 19.6 Å². The number of piperazine rings is 1. The van der Waals surface area contributed by atoms with E-state index in [1.165, 1.54) is 17.8 Å². The van der Waals surface area contributed by atoms with Crippen molar-refractivity contribution in [3.05, 3.63) is 69.8 Å². The molecule has 9 heteroatoms. The Kier molecular flexibility index (Phi) is 5.89. The third-order valence-electron chi connectivity index (χ3n) is 6.25. The summed E-state index contributed by atoms with van der Waals surface area (Å²) in [5.41, 5.74) is 3.20. The van der Waals surface area contributed by atoms with Gasteiger partial charge in [-0.15, -0.1) is 5.06 Å². The number of rotatable bonds is 5. The van der Waals surface area contributed by atoms with Crippen molar-refractivity contribution in [1.29, 1.82) is 0 Å². The number of carbonyl (C=O) groups excluding carboxylic acids is 2. The first kappa shape index (κ1) is 22.2. The van der Waals surface area contributed by atoms with Crippen LogP contribution in [0.15, 0.2) is 47.5 Å². The Hall–Kier alpha value is -3.56. The largest absolute Gasteiger partial charge is 0.368 e. The van der Waals surface area contributed by atoms with Crippen molar-refractivity contribution in [2.24, 2.45) is 0 Å². The van der Waals surface area contributed by atoms with E-state index in [-0.39, 0.29) is 29.5 Å². The van der Waals surface area contributed by atoms with E-state index < -0.39 is 0 Å². The molecule has 2 aromatic carbocycles. The third-order valence-corrected chi connectivity index (χ3v) is 6.25. The Morgan fingerprint density at radius 1 is 1.18 bits per heavy atom. The van der Waals surface area contributed by atoms with Crippen LogP contribution in [0.2, 0.25) is 0 Å². The van der Waals surface area contributed by atoms with Crippen LogP contribution in [0.5, 0.6) is 0 Å². The number of nitrogens with one attached hydrogen (secondary N) is 2. The van der Waals surface area contributed by atoms with Gasteiger partial charge in [-0.2, -0.15) is 0 Å². The van der Waals surface area contributed by atoms with E-state index in [2.05, 4.69) is 15.6 Å². The minimum absolute atomic E-state index is 0.136. The maximum absolute atomic E-state index is 13.6. The summed E-state index contributed by atoms with van der Waals surface area (Å²) in [6.45, 7) is 5.12. The molecule has 0 radical (unpaired) electrons. The van der Waals surface area contributed by atoms with Gasteiger partial charge < -0.3 is 15.5 Å². The molecule has 2 aliphatic rings. The molecule has 1 unspecified atom stereocenters. The summed E-state index contributed by atoms with van der Waals surface area (Å²) in [5.74, 6) is -0.513. The molecule has 0 spiro atoms. The second-order valence-electron chi connectivity index (χ2n) is 8.89. The maximum Gasteiger partial charge on any atom is 0.322 e. The summed E-state index contributed by atoms with van der Waals surface area (Å²) in [4.78, 5) is 47.5. The number of aromatic nitrogens is 2. The second kappa shape index (κ2) is 9.00. The molecule has 1 saturated carbocycles. The minimum atomic E-state index is -0.377. The van der Waals surface area contributed by atoms with Crippen molar-refractivity contribution in [3.63, 3.8) is 0 Å². The predicted octanol–water partition coefficient (Wildman–Crippen LogP) is 2.01. The molecule has 1 atom stereocenters. The standard InChI is InChI=1S/C25H27N5O4/c1-15-3-4-18(24(32)28-19-6-7-19)12-22(15)29-14-27-21-8-5-17(11-20(21)25(29)33)23-13-26-9-10-30(23)34-16(2)31/h3-5,8,11-12,14,19,23,26H,6-7,9-10,13H2,1-2H3,(H,28,32). The molecule has 9 nitrogen and oxygen atoms in total. The van der Waals surface area contributed by atoms with E-state index in [1.54, 1.807) is 17.2 Å². The molecule has 34 heavy (non-hydrogen) atoms. The van der Waals surface area contributed by atoms with Gasteiger partial charge in [0, 0.05) is 38.2 Å². The van der Waals surface area contributed by atoms with Crippen LogP contribution in [0.1, 0.15) is 47.3 Å². The van der Waals surface area contributed by atoms with E-state index >= 15 is 0 Å². The Balaban J connectivity index is 1.54. The van der Waals surface area contributed by atoms with Crippen molar-refractivity contribution >= 4 is 22.8 Å². The molecule has 176 valence electrons. The lowest BCUT2D eigenvalue weighted by molar-refractivity contribution is -0.204. The molecule has 1 aliphatic carbocycles. The van der Waals surface area contributed by atoms with Gasteiger partial charge in [0.25, 0.3) is 11.5 Å². The SMILES string of the molecule is CC(=O)ON1CCNCC1c1ccc2ncn(-c3cc(C(=O)NC4CC4)ccc3C)c(=O)c2c1. The van der Waals surface area contributed by atoms with Gasteiger partial charge in [0.05, 0.1) is 22.6 Å². The van der Waals surface area contributed by atoms with E-state index in [9.17, 15) is 14.4 Å². The van der Waals surface area contributed by atoms with Crippen LogP contribution in [-0.4, -0.2) is 52.2 Å². The fourth-order valence-corrected chi connectivity index (χ4v) is 4.27. The van der Waals surface area contributed by atoms with Gasteiger partial charge >= 0.3 is 5.97 Å². The summed E-state index contributed by atoms with van der Waals surface area (Å²) in [6.07, 6.45) is 3.51. The maximum atomic E-state index is 13.6. The highest BCUT2D eigenvalue weighted by Gasteiger charge is 2.27. The number of benzene rings is 2. The first-order valence-electron chi connectivity index (χ1n) is 11.5. The van der Waals surface area contributed by atoms with Crippen molar-refractivity contribution in [1.82, 2.24) is 25.2 Å². The number of hydroxylamine groups is 2. The smallest absolute Gasteiger partial charge is 0.322 e. The quantitative estimate of drug-likeness (QED) is 0.599. The summed E-state index contributed by atoms with van der Waals surface area (Å²) in [6, 6.07) is 10.9. The molecule has 2 heterocycles. The van der Waals surface area contributed by atoms with Crippen LogP contribution in [0.25, 0.3) is 16.6 Å². The number of fused-ring (bicyclic) bond motifs is 1. The molecular weight excluding hydrogens is 434 g/mol. The topological polar surface area (TPSA) is 106 Å². The summed E-state index contributed by atoms with van der Waals surface area (Å²) in [7, 11) is 0. The Bertz CT molecular complexity index is 1330. The van der Waals surface area contributed by atoms with Crippen LogP contribution in [0, 0.1) is 6.92 Å². The minimum Gasteiger partial charge on any atom is -0.368 e. The number of amides is 1. The van der Waals surface area contributed by atoms with Crippen LogP contribution in [0.3, 0.4) is 0 Å². The Morgan fingerprint density at radius 3 is 2.76 bits per heavy atom. The van der Waals surface area contributed by atoms with Gasteiger partial charge in [-0.3, -0.25) is 19.0 Å². The van der Waals surface area contributed by atoms with Crippen LogP contribution in [-0.2, 0) is 9.63 Å². The van der Waals surface area contributed by atoms with Crippen LogP contribution in [0.4, 0.5) is 0 Å². The van der Waals surface area contributed by atoms with Gasteiger partial charge in [-0.05, 0) is 55.2 Å². The zero-order valence-electron chi connectivity index (χ0n) is 19.2.